The summed E-state index contributed by atoms with van der Waals surface area (Å²) < 4.78 is 11.0. The van der Waals surface area contributed by atoms with E-state index in [1.807, 2.05) is 0 Å². The highest BCUT2D eigenvalue weighted by molar-refractivity contribution is 4.80. The van der Waals surface area contributed by atoms with Gasteiger partial charge in [0.15, 0.2) is 0 Å². The monoisotopic (exact) mass is 185 g/mol. The van der Waals surface area contributed by atoms with Crippen molar-refractivity contribution in [1.82, 2.24) is 5.32 Å². The van der Waals surface area contributed by atoms with Crippen LogP contribution in [0.5, 0.6) is 0 Å². The molecule has 3 heteroatoms. The van der Waals surface area contributed by atoms with Crippen molar-refractivity contribution in [2.45, 2.75) is 44.4 Å². The van der Waals surface area contributed by atoms with Gasteiger partial charge in [0.25, 0.3) is 0 Å². The standard InChI is InChI=1S/C10H19NO2/c1-8-10(4-6-12-8)11-7-9-3-2-5-13-9/h8-11H,2-7H2,1H3/t8-,9?,10-/m1/s1. The van der Waals surface area contributed by atoms with Crippen LogP contribution in [0.4, 0.5) is 0 Å². The Labute approximate surface area is 79.8 Å². The van der Waals surface area contributed by atoms with E-state index in [2.05, 4.69) is 12.2 Å². The van der Waals surface area contributed by atoms with Crippen LogP contribution in [0, 0.1) is 0 Å². The van der Waals surface area contributed by atoms with Crippen LogP contribution in [0.15, 0.2) is 0 Å². The molecule has 0 radical (unpaired) electrons. The molecule has 3 nitrogen and oxygen atoms in total. The second kappa shape index (κ2) is 4.40. The molecule has 0 aliphatic carbocycles. The Morgan fingerprint density at radius 3 is 2.77 bits per heavy atom. The van der Waals surface area contributed by atoms with Gasteiger partial charge in [0, 0.05) is 25.8 Å². The summed E-state index contributed by atoms with van der Waals surface area (Å²) in [5.74, 6) is 0. The Morgan fingerprint density at radius 1 is 1.23 bits per heavy atom. The minimum absolute atomic E-state index is 0.376. The second-order valence-corrected chi connectivity index (χ2v) is 4.01. The first-order valence-electron chi connectivity index (χ1n) is 5.33. The lowest BCUT2D eigenvalue weighted by molar-refractivity contribution is 0.0925. The number of hydrogen-bond donors (Lipinski definition) is 1. The first kappa shape index (κ1) is 9.44. The van der Waals surface area contributed by atoms with Crippen molar-refractivity contribution in [3.8, 4) is 0 Å². The van der Waals surface area contributed by atoms with Gasteiger partial charge in [0.05, 0.1) is 12.2 Å². The van der Waals surface area contributed by atoms with Crippen LogP contribution in [0.1, 0.15) is 26.2 Å². The summed E-state index contributed by atoms with van der Waals surface area (Å²) in [6.45, 7) is 4.99. The van der Waals surface area contributed by atoms with Crippen molar-refractivity contribution in [2.24, 2.45) is 0 Å². The zero-order valence-corrected chi connectivity index (χ0v) is 8.29. The molecule has 2 fully saturated rings. The van der Waals surface area contributed by atoms with Gasteiger partial charge in [-0.1, -0.05) is 0 Å². The highest BCUT2D eigenvalue weighted by atomic mass is 16.5. The van der Waals surface area contributed by atoms with Crippen LogP contribution >= 0.6 is 0 Å². The van der Waals surface area contributed by atoms with Crippen LogP contribution in [-0.4, -0.2) is 38.0 Å². The van der Waals surface area contributed by atoms with Crippen molar-refractivity contribution >= 4 is 0 Å². The fourth-order valence-electron chi connectivity index (χ4n) is 2.09. The van der Waals surface area contributed by atoms with Crippen molar-refractivity contribution < 1.29 is 9.47 Å². The van der Waals surface area contributed by atoms with E-state index >= 15 is 0 Å². The van der Waals surface area contributed by atoms with Crippen LogP contribution in [0.3, 0.4) is 0 Å². The molecule has 2 aliphatic heterocycles. The molecule has 2 saturated heterocycles. The van der Waals surface area contributed by atoms with Crippen LogP contribution in [0.2, 0.25) is 0 Å². The van der Waals surface area contributed by atoms with E-state index in [9.17, 15) is 0 Å². The predicted molar refractivity (Wildman–Crippen MR) is 50.8 cm³/mol. The normalized spacial score (nSPS) is 39.9. The summed E-state index contributed by atoms with van der Waals surface area (Å²) in [6, 6.07) is 0.546. The Kier molecular flexibility index (Phi) is 3.19. The van der Waals surface area contributed by atoms with Crippen molar-refractivity contribution in [2.75, 3.05) is 19.8 Å². The minimum atomic E-state index is 0.376. The maximum atomic E-state index is 5.54. The Balaban J connectivity index is 1.66. The van der Waals surface area contributed by atoms with Gasteiger partial charge in [-0.15, -0.1) is 0 Å². The molecule has 76 valence electrons. The molecule has 0 aromatic rings. The Hall–Kier alpha value is -0.120. The van der Waals surface area contributed by atoms with E-state index in [1.165, 1.54) is 12.8 Å². The van der Waals surface area contributed by atoms with Crippen molar-refractivity contribution in [3.05, 3.63) is 0 Å². The van der Waals surface area contributed by atoms with Gasteiger partial charge >= 0.3 is 0 Å². The van der Waals surface area contributed by atoms with E-state index in [0.717, 1.165) is 26.2 Å². The van der Waals surface area contributed by atoms with E-state index < -0.39 is 0 Å². The maximum absolute atomic E-state index is 5.54. The van der Waals surface area contributed by atoms with Gasteiger partial charge in [-0.3, -0.25) is 0 Å². The summed E-state index contributed by atoms with van der Waals surface area (Å²) in [5, 5.41) is 3.52. The molecule has 1 N–H and O–H groups in total. The lowest BCUT2D eigenvalue weighted by atomic mass is 10.1. The largest absolute Gasteiger partial charge is 0.377 e. The number of ether oxygens (including phenoxy) is 2. The van der Waals surface area contributed by atoms with Crippen LogP contribution in [0.25, 0.3) is 0 Å². The molecule has 3 atom stereocenters. The summed E-state index contributed by atoms with van der Waals surface area (Å²) in [4.78, 5) is 0. The zero-order chi connectivity index (χ0) is 9.10. The SMILES string of the molecule is C[C@H]1OCC[C@H]1NCC1CCCO1. The lowest BCUT2D eigenvalue weighted by Gasteiger charge is -2.18. The molecule has 0 bridgehead atoms. The molecule has 0 aromatic heterocycles. The molecule has 0 amide bonds. The Morgan fingerprint density at radius 2 is 2.15 bits per heavy atom. The molecule has 2 heterocycles. The molecule has 0 aromatic carbocycles. The van der Waals surface area contributed by atoms with E-state index in [4.69, 9.17) is 9.47 Å². The third kappa shape index (κ3) is 2.42. The fraction of sp³-hybridized carbons (Fsp3) is 1.00. The van der Waals surface area contributed by atoms with Crippen molar-refractivity contribution in [1.29, 1.82) is 0 Å². The summed E-state index contributed by atoms with van der Waals surface area (Å²) in [5.41, 5.74) is 0. The molecule has 1 unspecified atom stereocenters. The molecular formula is C10H19NO2. The van der Waals surface area contributed by atoms with Gasteiger partial charge in [0.2, 0.25) is 0 Å². The Bertz CT molecular complexity index is 157. The number of hydrogen-bond acceptors (Lipinski definition) is 3. The van der Waals surface area contributed by atoms with Crippen molar-refractivity contribution in [3.63, 3.8) is 0 Å². The minimum Gasteiger partial charge on any atom is -0.377 e. The second-order valence-electron chi connectivity index (χ2n) is 4.01. The van der Waals surface area contributed by atoms with Gasteiger partial charge in [-0.2, -0.15) is 0 Å². The van der Waals surface area contributed by atoms with Gasteiger partial charge < -0.3 is 14.8 Å². The number of nitrogens with one attached hydrogen (secondary N) is 1. The van der Waals surface area contributed by atoms with Crippen LogP contribution < -0.4 is 5.32 Å². The fourth-order valence-corrected chi connectivity index (χ4v) is 2.09. The summed E-state index contributed by atoms with van der Waals surface area (Å²) in [7, 11) is 0. The average Bonchev–Trinajstić information content (AvgIpc) is 2.72. The predicted octanol–water partition coefficient (Wildman–Crippen LogP) is 0.932. The highest BCUT2D eigenvalue weighted by Gasteiger charge is 2.25. The van der Waals surface area contributed by atoms with Gasteiger partial charge in [-0.05, 0) is 26.2 Å². The van der Waals surface area contributed by atoms with Gasteiger partial charge in [-0.25, -0.2) is 0 Å². The third-order valence-electron chi connectivity index (χ3n) is 3.01. The smallest absolute Gasteiger partial charge is 0.0700 e. The molecule has 0 saturated carbocycles. The number of rotatable bonds is 3. The highest BCUT2D eigenvalue weighted by Crippen LogP contribution is 2.15. The van der Waals surface area contributed by atoms with E-state index in [0.29, 0.717) is 18.2 Å². The third-order valence-corrected chi connectivity index (χ3v) is 3.01. The molecule has 2 rings (SSSR count). The molecule has 13 heavy (non-hydrogen) atoms. The first-order chi connectivity index (χ1) is 6.36. The molecule has 0 spiro atoms. The quantitative estimate of drug-likeness (QED) is 0.709. The van der Waals surface area contributed by atoms with Gasteiger partial charge in [0.1, 0.15) is 0 Å². The summed E-state index contributed by atoms with van der Waals surface area (Å²) >= 11 is 0. The average molecular weight is 185 g/mol. The zero-order valence-electron chi connectivity index (χ0n) is 8.29. The molecule has 2 aliphatic rings. The van der Waals surface area contributed by atoms with E-state index in [-0.39, 0.29) is 0 Å². The summed E-state index contributed by atoms with van der Waals surface area (Å²) in [6.07, 6.45) is 4.42. The first-order valence-corrected chi connectivity index (χ1v) is 5.33. The maximum Gasteiger partial charge on any atom is 0.0700 e. The van der Waals surface area contributed by atoms with E-state index in [1.54, 1.807) is 0 Å². The lowest BCUT2D eigenvalue weighted by Crippen LogP contribution is -2.39. The molecular weight excluding hydrogens is 166 g/mol. The topological polar surface area (TPSA) is 30.5 Å². The van der Waals surface area contributed by atoms with Crippen LogP contribution in [-0.2, 0) is 9.47 Å².